The van der Waals surface area contributed by atoms with E-state index in [1.165, 1.54) is 11.1 Å². The lowest BCUT2D eigenvalue weighted by Crippen LogP contribution is -2.13. The van der Waals surface area contributed by atoms with Crippen LogP contribution in [0.15, 0.2) is 36.4 Å². The Balaban J connectivity index is 1.43. The van der Waals surface area contributed by atoms with Gasteiger partial charge in [-0.3, -0.25) is 5.32 Å². The number of amides is 1. The van der Waals surface area contributed by atoms with Crippen LogP contribution in [0.2, 0.25) is 0 Å². The third-order valence-corrected chi connectivity index (χ3v) is 6.70. The number of thiazole rings is 2. The van der Waals surface area contributed by atoms with Crippen molar-refractivity contribution in [2.45, 2.75) is 34.3 Å². The molecule has 0 radical (unpaired) electrons. The highest BCUT2D eigenvalue weighted by Crippen LogP contribution is 2.31. The Hall–Kier alpha value is -2.77. The third-order valence-electron chi connectivity index (χ3n) is 4.58. The van der Waals surface area contributed by atoms with Crippen LogP contribution in [0.1, 0.15) is 26.7 Å². The molecule has 0 aliphatic heterocycles. The highest BCUT2D eigenvalue weighted by Gasteiger charge is 2.14. The molecule has 2 heterocycles. The van der Waals surface area contributed by atoms with E-state index in [0.29, 0.717) is 5.69 Å². The Kier molecular flexibility index (Phi) is 5.34. The molecule has 0 saturated carbocycles. The number of fused-ring (bicyclic) bond motifs is 1. The van der Waals surface area contributed by atoms with Crippen molar-refractivity contribution >= 4 is 44.7 Å². The molecule has 7 heteroatoms. The van der Waals surface area contributed by atoms with Gasteiger partial charge in [-0.2, -0.15) is 0 Å². The quantitative estimate of drug-likeness (QED) is 0.412. The lowest BCUT2D eigenvalue weighted by Gasteiger charge is -2.06. The molecule has 2 aromatic heterocycles. The molecular formula is C22H21N3O2S2. The zero-order valence-corrected chi connectivity index (χ0v) is 18.3. The first-order chi connectivity index (χ1) is 13.9. The minimum atomic E-state index is -0.489. The van der Waals surface area contributed by atoms with Gasteiger partial charge in [0.25, 0.3) is 0 Å². The van der Waals surface area contributed by atoms with Crippen molar-refractivity contribution in [1.29, 1.82) is 0 Å². The Morgan fingerprint density at radius 1 is 1.03 bits per heavy atom. The zero-order chi connectivity index (χ0) is 20.5. The summed E-state index contributed by atoms with van der Waals surface area (Å²) in [6.07, 6.45) is -0.489. The van der Waals surface area contributed by atoms with E-state index in [4.69, 9.17) is 4.74 Å². The molecule has 0 unspecified atom stereocenters. The summed E-state index contributed by atoms with van der Waals surface area (Å²) in [5.74, 6) is 0. The number of hydrogen-bond donors (Lipinski definition) is 1. The first-order valence-corrected chi connectivity index (χ1v) is 10.9. The molecule has 4 rings (SSSR count). The molecule has 4 aromatic rings. The van der Waals surface area contributed by atoms with E-state index in [9.17, 15) is 4.79 Å². The maximum atomic E-state index is 12.2. The number of rotatable bonds is 4. The van der Waals surface area contributed by atoms with Gasteiger partial charge < -0.3 is 4.74 Å². The van der Waals surface area contributed by atoms with E-state index in [1.807, 2.05) is 32.0 Å². The highest BCUT2D eigenvalue weighted by molar-refractivity contribution is 7.18. The van der Waals surface area contributed by atoms with Crippen LogP contribution in [0.5, 0.6) is 0 Å². The van der Waals surface area contributed by atoms with Crippen LogP contribution in [0.4, 0.5) is 10.5 Å². The Morgan fingerprint density at radius 2 is 1.86 bits per heavy atom. The van der Waals surface area contributed by atoms with Crippen molar-refractivity contribution in [3.63, 3.8) is 0 Å². The van der Waals surface area contributed by atoms with Gasteiger partial charge in [0.1, 0.15) is 11.6 Å². The van der Waals surface area contributed by atoms with Crippen molar-refractivity contribution in [3.05, 3.63) is 63.1 Å². The van der Waals surface area contributed by atoms with E-state index in [0.717, 1.165) is 36.4 Å². The predicted molar refractivity (Wildman–Crippen MR) is 120 cm³/mol. The van der Waals surface area contributed by atoms with Crippen LogP contribution in [0.3, 0.4) is 0 Å². The van der Waals surface area contributed by atoms with E-state index in [2.05, 4.69) is 47.3 Å². The van der Waals surface area contributed by atoms with Crippen molar-refractivity contribution in [3.8, 4) is 10.6 Å². The number of carbonyl (C=O) groups is 1. The molecule has 0 fully saturated rings. The number of ether oxygens (including phenoxy) is 1. The molecule has 148 valence electrons. The average molecular weight is 424 g/mol. The third kappa shape index (κ3) is 4.31. The summed E-state index contributed by atoms with van der Waals surface area (Å²) in [6, 6.07) is 12.0. The van der Waals surface area contributed by atoms with Crippen LogP contribution >= 0.6 is 22.7 Å². The summed E-state index contributed by atoms with van der Waals surface area (Å²) in [5, 5.41) is 4.72. The van der Waals surface area contributed by atoms with Gasteiger partial charge in [0.15, 0.2) is 0 Å². The van der Waals surface area contributed by atoms with Gasteiger partial charge in [0.2, 0.25) is 0 Å². The fourth-order valence-corrected chi connectivity index (χ4v) is 5.01. The van der Waals surface area contributed by atoms with Gasteiger partial charge >= 0.3 is 6.09 Å². The SMILES string of the molecule is Cc1ccc(-c2nc(C)c(COC(=O)Nc3ccc4sc(C)nc4c3)s2)c(C)c1. The first-order valence-electron chi connectivity index (χ1n) is 9.24. The molecule has 1 amide bonds. The number of nitrogens with one attached hydrogen (secondary N) is 1. The molecule has 5 nitrogen and oxygen atoms in total. The van der Waals surface area contributed by atoms with E-state index in [1.54, 1.807) is 22.7 Å². The Bertz CT molecular complexity index is 1210. The van der Waals surface area contributed by atoms with Gasteiger partial charge in [-0.25, -0.2) is 14.8 Å². The lowest BCUT2D eigenvalue weighted by molar-refractivity contribution is 0.156. The molecule has 0 saturated heterocycles. The molecule has 0 bridgehead atoms. The van der Waals surface area contributed by atoms with E-state index in [-0.39, 0.29) is 6.61 Å². The summed E-state index contributed by atoms with van der Waals surface area (Å²) in [5.41, 5.74) is 5.97. The lowest BCUT2D eigenvalue weighted by atomic mass is 10.1. The van der Waals surface area contributed by atoms with Crippen molar-refractivity contribution < 1.29 is 9.53 Å². The minimum absolute atomic E-state index is 0.193. The second-order valence-electron chi connectivity index (χ2n) is 6.96. The summed E-state index contributed by atoms with van der Waals surface area (Å²) in [4.78, 5) is 22.3. The number of aryl methyl sites for hydroxylation is 4. The van der Waals surface area contributed by atoms with Gasteiger partial charge in [0.05, 0.1) is 25.8 Å². The molecule has 1 N–H and O–H groups in total. The second-order valence-corrected chi connectivity index (χ2v) is 9.28. The monoisotopic (exact) mass is 423 g/mol. The predicted octanol–water partition coefficient (Wildman–Crippen LogP) is 6.40. The smallest absolute Gasteiger partial charge is 0.411 e. The fourth-order valence-electron chi connectivity index (χ4n) is 3.14. The van der Waals surface area contributed by atoms with Crippen LogP contribution in [0.25, 0.3) is 20.8 Å². The minimum Gasteiger partial charge on any atom is -0.444 e. The Labute approximate surface area is 177 Å². The molecule has 29 heavy (non-hydrogen) atoms. The van der Waals surface area contributed by atoms with E-state index >= 15 is 0 Å². The average Bonchev–Trinajstić information content (AvgIpc) is 3.21. The molecule has 0 spiro atoms. The highest BCUT2D eigenvalue weighted by atomic mass is 32.1. The number of benzene rings is 2. The Morgan fingerprint density at radius 3 is 2.66 bits per heavy atom. The zero-order valence-electron chi connectivity index (χ0n) is 16.7. The van der Waals surface area contributed by atoms with Crippen molar-refractivity contribution in [2.75, 3.05) is 5.32 Å². The maximum absolute atomic E-state index is 12.2. The van der Waals surface area contributed by atoms with Crippen LogP contribution in [0, 0.1) is 27.7 Å². The molecule has 0 aliphatic rings. The number of aromatic nitrogens is 2. The summed E-state index contributed by atoms with van der Waals surface area (Å²) in [7, 11) is 0. The van der Waals surface area contributed by atoms with Crippen LogP contribution < -0.4 is 5.32 Å². The van der Waals surface area contributed by atoms with Crippen LogP contribution in [-0.4, -0.2) is 16.1 Å². The second kappa shape index (κ2) is 7.93. The summed E-state index contributed by atoms with van der Waals surface area (Å²) < 4.78 is 6.53. The maximum Gasteiger partial charge on any atom is 0.411 e. The molecular weight excluding hydrogens is 402 g/mol. The number of nitrogens with zero attached hydrogens (tertiary/aromatic N) is 2. The fraction of sp³-hybridized carbons (Fsp3) is 0.227. The number of carbonyl (C=O) groups excluding carboxylic acids is 1. The van der Waals surface area contributed by atoms with Gasteiger partial charge in [-0.1, -0.05) is 23.8 Å². The van der Waals surface area contributed by atoms with Crippen LogP contribution in [-0.2, 0) is 11.3 Å². The molecule has 2 aromatic carbocycles. The molecule has 0 atom stereocenters. The largest absolute Gasteiger partial charge is 0.444 e. The number of anilines is 1. The van der Waals surface area contributed by atoms with E-state index < -0.39 is 6.09 Å². The normalized spacial score (nSPS) is 11.0. The summed E-state index contributed by atoms with van der Waals surface area (Å²) in [6.45, 7) is 8.27. The summed E-state index contributed by atoms with van der Waals surface area (Å²) >= 11 is 3.19. The first kappa shape index (κ1) is 19.5. The standard InChI is InChI=1S/C22H21N3O2S2/c1-12-5-7-17(13(2)9-12)21-23-14(3)20(29-21)11-27-22(26)25-16-6-8-19-18(10-16)24-15(4)28-19/h5-10H,11H2,1-4H3,(H,25,26). The number of hydrogen-bond acceptors (Lipinski definition) is 6. The van der Waals surface area contributed by atoms with Gasteiger partial charge in [0, 0.05) is 11.3 Å². The topological polar surface area (TPSA) is 64.1 Å². The molecule has 0 aliphatic carbocycles. The van der Waals surface area contributed by atoms with Gasteiger partial charge in [-0.15, -0.1) is 22.7 Å². The van der Waals surface area contributed by atoms with Crippen molar-refractivity contribution in [1.82, 2.24) is 9.97 Å². The van der Waals surface area contributed by atoms with Gasteiger partial charge in [-0.05, 0) is 51.5 Å². The van der Waals surface area contributed by atoms with Crippen molar-refractivity contribution in [2.24, 2.45) is 0 Å².